The second-order valence-electron chi connectivity index (χ2n) is 4.82. The fraction of sp³-hybridized carbons (Fsp3) is 0.500. The Hall–Kier alpha value is -0.670. The maximum absolute atomic E-state index is 13.7. The molecule has 0 unspecified atom stereocenters. The van der Waals surface area contributed by atoms with Crippen molar-refractivity contribution in [1.82, 2.24) is 5.32 Å². The van der Waals surface area contributed by atoms with E-state index in [-0.39, 0.29) is 11.1 Å². The van der Waals surface area contributed by atoms with Crippen molar-refractivity contribution in [3.8, 4) is 0 Å². The zero-order chi connectivity index (χ0) is 12.4. The molecule has 0 radical (unpaired) electrons. The Bertz CT molecular complexity index is 358. The molecule has 1 aromatic carbocycles. The summed E-state index contributed by atoms with van der Waals surface area (Å²) in [7, 11) is 0. The average Bonchev–Trinajstić information content (AvgIpc) is 2.14. The van der Waals surface area contributed by atoms with Crippen LogP contribution in [0.25, 0.3) is 0 Å². The Kier molecular flexibility index (Phi) is 3.92. The Labute approximate surface area is 99.8 Å². The number of benzene rings is 1. The Balaban J connectivity index is 2.77. The molecule has 0 aliphatic heterocycles. The fourth-order valence-corrected chi connectivity index (χ4v) is 1.38. The van der Waals surface area contributed by atoms with Gasteiger partial charge in [-0.2, -0.15) is 8.78 Å². The fourth-order valence-electron chi connectivity index (χ4n) is 1.19. The van der Waals surface area contributed by atoms with E-state index in [9.17, 15) is 8.78 Å². The van der Waals surface area contributed by atoms with Gasteiger partial charge in [-0.25, -0.2) is 0 Å². The lowest BCUT2D eigenvalue weighted by Crippen LogP contribution is -2.42. The van der Waals surface area contributed by atoms with Gasteiger partial charge in [0.05, 0.1) is 6.54 Å². The molecule has 1 N–H and O–H groups in total. The van der Waals surface area contributed by atoms with Gasteiger partial charge in [0.2, 0.25) is 0 Å². The normalized spacial score (nSPS) is 12.9. The molecule has 0 aromatic heterocycles. The maximum atomic E-state index is 13.7. The summed E-state index contributed by atoms with van der Waals surface area (Å²) in [6.45, 7) is 5.15. The van der Waals surface area contributed by atoms with Crippen LogP contribution in [-0.2, 0) is 5.92 Å². The first-order valence-electron chi connectivity index (χ1n) is 5.10. The predicted molar refractivity (Wildman–Crippen MR) is 63.1 cm³/mol. The molecule has 90 valence electrons. The van der Waals surface area contributed by atoms with Crippen LogP contribution >= 0.6 is 11.6 Å². The van der Waals surface area contributed by atoms with Crippen molar-refractivity contribution in [2.75, 3.05) is 6.54 Å². The minimum atomic E-state index is -2.90. The number of rotatable bonds is 3. The van der Waals surface area contributed by atoms with Crippen LogP contribution < -0.4 is 5.32 Å². The molecule has 0 aliphatic rings. The van der Waals surface area contributed by atoms with Crippen molar-refractivity contribution in [2.24, 2.45) is 0 Å². The highest BCUT2D eigenvalue weighted by Gasteiger charge is 2.32. The molecule has 0 aliphatic carbocycles. The van der Waals surface area contributed by atoms with Crippen molar-refractivity contribution in [1.29, 1.82) is 0 Å². The predicted octanol–water partition coefficient (Wildman–Crippen LogP) is 3.82. The summed E-state index contributed by atoms with van der Waals surface area (Å²) in [6, 6.07) is 5.79. The first kappa shape index (κ1) is 13.4. The van der Waals surface area contributed by atoms with Crippen LogP contribution in [0.5, 0.6) is 0 Å². The summed E-state index contributed by atoms with van der Waals surface area (Å²) < 4.78 is 27.5. The van der Waals surface area contributed by atoms with Crippen LogP contribution in [0.1, 0.15) is 26.3 Å². The molecule has 0 heterocycles. The zero-order valence-corrected chi connectivity index (χ0v) is 10.4. The van der Waals surface area contributed by atoms with Crippen LogP contribution in [0.4, 0.5) is 8.78 Å². The van der Waals surface area contributed by atoms with Gasteiger partial charge >= 0.3 is 0 Å². The van der Waals surface area contributed by atoms with Crippen molar-refractivity contribution < 1.29 is 8.78 Å². The highest BCUT2D eigenvalue weighted by atomic mass is 35.5. The summed E-state index contributed by atoms with van der Waals surface area (Å²) >= 11 is 5.69. The summed E-state index contributed by atoms with van der Waals surface area (Å²) in [6.07, 6.45) is 0. The molecule has 1 nitrogen and oxygen atoms in total. The van der Waals surface area contributed by atoms with E-state index in [0.717, 1.165) is 0 Å². The van der Waals surface area contributed by atoms with Crippen LogP contribution in [0.3, 0.4) is 0 Å². The number of hydrogen-bond acceptors (Lipinski definition) is 1. The third-order valence-corrected chi connectivity index (χ3v) is 2.32. The molecule has 0 spiro atoms. The lowest BCUT2D eigenvalue weighted by atomic mass is 10.1. The first-order valence-corrected chi connectivity index (χ1v) is 5.47. The highest BCUT2D eigenvalue weighted by Crippen LogP contribution is 2.29. The van der Waals surface area contributed by atoms with Crippen LogP contribution in [0, 0.1) is 0 Å². The van der Waals surface area contributed by atoms with Gasteiger partial charge in [-0.1, -0.05) is 23.7 Å². The van der Waals surface area contributed by atoms with Gasteiger partial charge in [-0.15, -0.1) is 0 Å². The minimum Gasteiger partial charge on any atom is -0.306 e. The molecule has 0 atom stereocenters. The maximum Gasteiger partial charge on any atom is 0.285 e. The van der Waals surface area contributed by atoms with E-state index in [2.05, 4.69) is 5.32 Å². The molecule has 0 amide bonds. The van der Waals surface area contributed by atoms with Gasteiger partial charge in [0.25, 0.3) is 5.92 Å². The second-order valence-corrected chi connectivity index (χ2v) is 5.25. The molecule has 16 heavy (non-hydrogen) atoms. The summed E-state index contributed by atoms with van der Waals surface area (Å²) in [5.41, 5.74) is -0.390. The van der Waals surface area contributed by atoms with E-state index in [1.54, 1.807) is 6.07 Å². The molecular formula is C12H16ClF2N. The number of halogens is 3. The lowest BCUT2D eigenvalue weighted by molar-refractivity contribution is -0.00859. The molecule has 0 bridgehead atoms. The van der Waals surface area contributed by atoms with E-state index in [4.69, 9.17) is 11.6 Å². The quantitative estimate of drug-likeness (QED) is 0.856. The molecule has 1 rings (SSSR count). The Morgan fingerprint density at radius 1 is 1.25 bits per heavy atom. The molecule has 0 saturated carbocycles. The summed E-state index contributed by atoms with van der Waals surface area (Å²) in [5.74, 6) is -2.90. The van der Waals surface area contributed by atoms with E-state index >= 15 is 0 Å². The number of alkyl halides is 2. The van der Waals surface area contributed by atoms with Crippen LogP contribution in [0.2, 0.25) is 5.02 Å². The van der Waals surface area contributed by atoms with Gasteiger partial charge in [0.1, 0.15) is 0 Å². The van der Waals surface area contributed by atoms with E-state index in [1.807, 2.05) is 20.8 Å². The molecule has 4 heteroatoms. The van der Waals surface area contributed by atoms with Gasteiger partial charge in [-0.3, -0.25) is 0 Å². The second kappa shape index (κ2) is 4.68. The van der Waals surface area contributed by atoms with Crippen molar-refractivity contribution in [3.05, 3.63) is 34.9 Å². The average molecular weight is 248 g/mol. The van der Waals surface area contributed by atoms with E-state index in [0.29, 0.717) is 5.02 Å². The minimum absolute atomic E-state index is 0.0586. The van der Waals surface area contributed by atoms with Gasteiger partial charge in [0.15, 0.2) is 0 Å². The van der Waals surface area contributed by atoms with Gasteiger partial charge in [0, 0.05) is 16.1 Å². The molecule has 0 fully saturated rings. The molecule has 0 saturated heterocycles. The van der Waals surface area contributed by atoms with Crippen molar-refractivity contribution in [2.45, 2.75) is 32.2 Å². The third kappa shape index (κ3) is 4.06. The monoisotopic (exact) mass is 247 g/mol. The van der Waals surface area contributed by atoms with Crippen molar-refractivity contribution in [3.63, 3.8) is 0 Å². The SMILES string of the molecule is CC(C)(C)NCC(F)(F)c1cccc(Cl)c1. The summed E-state index contributed by atoms with van der Waals surface area (Å²) in [5, 5.41) is 3.11. The molecule has 1 aromatic rings. The lowest BCUT2D eigenvalue weighted by Gasteiger charge is -2.25. The van der Waals surface area contributed by atoms with Gasteiger partial charge < -0.3 is 5.32 Å². The standard InChI is InChI=1S/C12H16ClF2N/c1-11(2,3)16-8-12(14,15)9-5-4-6-10(13)7-9/h4-7,16H,8H2,1-3H3. The zero-order valence-electron chi connectivity index (χ0n) is 9.65. The Morgan fingerprint density at radius 3 is 2.38 bits per heavy atom. The largest absolute Gasteiger partial charge is 0.306 e. The topological polar surface area (TPSA) is 12.0 Å². The number of nitrogens with one attached hydrogen (secondary N) is 1. The number of hydrogen-bond donors (Lipinski definition) is 1. The smallest absolute Gasteiger partial charge is 0.285 e. The highest BCUT2D eigenvalue weighted by molar-refractivity contribution is 6.30. The van der Waals surface area contributed by atoms with Crippen LogP contribution in [0.15, 0.2) is 24.3 Å². The van der Waals surface area contributed by atoms with Crippen molar-refractivity contribution >= 4 is 11.6 Å². The summed E-state index contributed by atoms with van der Waals surface area (Å²) in [4.78, 5) is 0. The first-order chi connectivity index (χ1) is 7.21. The molecular weight excluding hydrogens is 232 g/mol. The van der Waals surface area contributed by atoms with Crippen LogP contribution in [-0.4, -0.2) is 12.1 Å². The third-order valence-electron chi connectivity index (χ3n) is 2.09. The Morgan fingerprint density at radius 2 is 1.88 bits per heavy atom. The van der Waals surface area contributed by atoms with E-state index in [1.165, 1.54) is 18.2 Å². The van der Waals surface area contributed by atoms with Gasteiger partial charge in [-0.05, 0) is 32.9 Å². The van der Waals surface area contributed by atoms with E-state index < -0.39 is 12.5 Å².